The number of piperidine rings is 1. The highest BCUT2D eigenvalue weighted by molar-refractivity contribution is 8.07. The molecule has 2 fully saturated rings. The molecule has 38 heavy (non-hydrogen) atoms. The van der Waals surface area contributed by atoms with E-state index in [0.29, 0.717) is 30.2 Å². The van der Waals surface area contributed by atoms with Crippen molar-refractivity contribution in [3.8, 4) is 0 Å². The summed E-state index contributed by atoms with van der Waals surface area (Å²) in [6, 6.07) is 2.03. The van der Waals surface area contributed by atoms with Crippen molar-refractivity contribution >= 4 is 34.0 Å². The molecule has 10 heteroatoms. The zero-order valence-electron chi connectivity index (χ0n) is 24.3. The van der Waals surface area contributed by atoms with Crippen LogP contribution < -0.4 is 4.90 Å². The molecule has 0 bridgehead atoms. The van der Waals surface area contributed by atoms with E-state index in [1.165, 1.54) is 4.90 Å². The minimum atomic E-state index is -1.71. The van der Waals surface area contributed by atoms with Crippen LogP contribution in [0, 0.1) is 5.41 Å². The molecule has 0 aliphatic carbocycles. The summed E-state index contributed by atoms with van der Waals surface area (Å²) < 4.78 is 18.3. The van der Waals surface area contributed by atoms with Gasteiger partial charge in [0.05, 0.1) is 23.4 Å². The maximum absolute atomic E-state index is 14.0. The highest BCUT2D eigenvalue weighted by Crippen LogP contribution is 2.32. The Morgan fingerprint density at radius 2 is 1.76 bits per heavy atom. The van der Waals surface area contributed by atoms with Gasteiger partial charge in [0.15, 0.2) is 0 Å². The van der Waals surface area contributed by atoms with Gasteiger partial charge in [-0.1, -0.05) is 0 Å². The van der Waals surface area contributed by atoms with Crippen molar-refractivity contribution in [2.75, 3.05) is 31.6 Å². The Morgan fingerprint density at radius 1 is 1.13 bits per heavy atom. The summed E-state index contributed by atoms with van der Waals surface area (Å²) >= 11 is -1.71. The van der Waals surface area contributed by atoms with E-state index < -0.39 is 27.6 Å². The summed E-state index contributed by atoms with van der Waals surface area (Å²) in [6.07, 6.45) is 4.47. The number of anilines is 1. The number of carbonyl (C=O) groups is 2. The van der Waals surface area contributed by atoms with E-state index in [4.69, 9.17) is 15.1 Å². The minimum Gasteiger partial charge on any atom is -0.610 e. The van der Waals surface area contributed by atoms with Gasteiger partial charge in [-0.15, -0.1) is 0 Å². The number of hydrogen-bond acceptors (Lipinski definition) is 7. The number of likely N-dealkylation sites (tertiary alicyclic amines) is 1. The molecule has 0 saturated carbocycles. The van der Waals surface area contributed by atoms with Crippen molar-refractivity contribution in [1.82, 2.24) is 14.8 Å². The number of hydrogen-bond donors (Lipinski definition) is 1. The molecule has 1 aromatic rings. The van der Waals surface area contributed by atoms with Crippen LogP contribution in [0.15, 0.2) is 6.07 Å². The Hall–Kier alpha value is -2.33. The molecule has 1 unspecified atom stereocenters. The lowest BCUT2D eigenvalue weighted by Gasteiger charge is -2.31. The van der Waals surface area contributed by atoms with Gasteiger partial charge in [0.2, 0.25) is 5.04 Å². The number of nitrogens with one attached hydrogen (secondary N) is 1. The Balaban J connectivity index is 2.18. The van der Waals surface area contributed by atoms with Crippen LogP contribution in [-0.4, -0.2) is 79.5 Å². The van der Waals surface area contributed by atoms with Crippen LogP contribution in [0.2, 0.25) is 0 Å². The molecular weight excluding hydrogens is 502 g/mol. The summed E-state index contributed by atoms with van der Waals surface area (Å²) in [6.45, 7) is 15.1. The first kappa shape index (κ1) is 30.2. The second kappa shape index (κ2) is 11.8. The third-order valence-electron chi connectivity index (χ3n) is 6.86. The summed E-state index contributed by atoms with van der Waals surface area (Å²) in [7, 11) is 1.61. The molecule has 3 heterocycles. The summed E-state index contributed by atoms with van der Waals surface area (Å²) in [5.74, 6) is 0.480. The quantitative estimate of drug-likeness (QED) is 0.318. The SMILES string of the molecule is C[C@@H]1CCCN1c1cc(C(=O)N2CCCCC2)c(C(=N)[S+]([O-])C(C)(C)C)c(CN(C)C(=O)OC(C)(C)C)n1. The summed E-state index contributed by atoms with van der Waals surface area (Å²) in [5, 5.41) is 8.90. The monoisotopic (exact) mass is 547 g/mol. The summed E-state index contributed by atoms with van der Waals surface area (Å²) in [5.41, 5.74) is 0.313. The minimum absolute atomic E-state index is 0.0182. The van der Waals surface area contributed by atoms with Crippen LogP contribution in [0.4, 0.5) is 10.6 Å². The van der Waals surface area contributed by atoms with Gasteiger partial charge in [-0.05, 0) is 86.6 Å². The number of carbonyl (C=O) groups excluding carboxylic acids is 2. The Morgan fingerprint density at radius 3 is 2.29 bits per heavy atom. The van der Waals surface area contributed by atoms with Gasteiger partial charge in [-0.25, -0.2) is 9.78 Å². The van der Waals surface area contributed by atoms with E-state index in [1.54, 1.807) is 33.9 Å². The Labute approximate surface area is 231 Å². The maximum atomic E-state index is 14.0. The number of aromatic nitrogens is 1. The molecule has 9 nitrogen and oxygen atoms in total. The van der Waals surface area contributed by atoms with E-state index in [1.807, 2.05) is 25.7 Å². The Bertz CT molecular complexity index is 1040. The maximum Gasteiger partial charge on any atom is 0.410 e. The van der Waals surface area contributed by atoms with E-state index in [2.05, 4.69) is 11.8 Å². The topological polar surface area (TPSA) is 113 Å². The average molecular weight is 548 g/mol. The zero-order valence-corrected chi connectivity index (χ0v) is 25.2. The second-order valence-corrected chi connectivity index (χ2v) is 14.6. The van der Waals surface area contributed by atoms with Crippen LogP contribution in [0.3, 0.4) is 0 Å². The van der Waals surface area contributed by atoms with Gasteiger partial charge in [0.25, 0.3) is 5.91 Å². The van der Waals surface area contributed by atoms with Crippen molar-refractivity contribution < 1.29 is 18.9 Å². The highest BCUT2D eigenvalue weighted by atomic mass is 32.2. The van der Waals surface area contributed by atoms with E-state index in [-0.39, 0.29) is 29.1 Å². The second-order valence-electron chi connectivity index (χ2n) is 12.4. The van der Waals surface area contributed by atoms with Crippen LogP contribution in [0.25, 0.3) is 0 Å². The van der Waals surface area contributed by atoms with E-state index in [9.17, 15) is 14.1 Å². The van der Waals surface area contributed by atoms with Gasteiger partial charge in [-0.3, -0.25) is 10.2 Å². The van der Waals surface area contributed by atoms with Gasteiger partial charge in [0.1, 0.15) is 16.2 Å². The zero-order chi connectivity index (χ0) is 28.4. The van der Waals surface area contributed by atoms with Gasteiger partial charge >= 0.3 is 6.09 Å². The number of pyridine rings is 1. The predicted octanol–water partition coefficient (Wildman–Crippen LogP) is 4.94. The fourth-order valence-corrected chi connectivity index (χ4v) is 5.86. The lowest BCUT2D eigenvalue weighted by Crippen LogP contribution is -2.40. The molecule has 2 amide bonds. The smallest absolute Gasteiger partial charge is 0.410 e. The molecule has 0 aromatic carbocycles. The molecular formula is C28H45N5O4S. The molecule has 2 atom stereocenters. The van der Waals surface area contributed by atoms with Gasteiger partial charge < -0.3 is 24.0 Å². The lowest BCUT2D eigenvalue weighted by atomic mass is 10.0. The average Bonchev–Trinajstić information content (AvgIpc) is 3.26. The molecule has 2 saturated heterocycles. The molecule has 2 aliphatic rings. The summed E-state index contributed by atoms with van der Waals surface area (Å²) in [4.78, 5) is 37.2. The van der Waals surface area contributed by atoms with Gasteiger partial charge in [-0.2, -0.15) is 0 Å². The molecule has 0 radical (unpaired) electrons. The van der Waals surface area contributed by atoms with Crippen molar-refractivity contribution in [3.63, 3.8) is 0 Å². The normalized spacial score (nSPS) is 19.3. The number of ether oxygens (including phenoxy) is 1. The van der Waals surface area contributed by atoms with Gasteiger partial charge in [0, 0.05) is 43.9 Å². The number of rotatable bonds is 5. The third kappa shape index (κ3) is 7.20. The van der Waals surface area contributed by atoms with Crippen molar-refractivity contribution in [2.45, 2.75) is 104 Å². The van der Waals surface area contributed by atoms with Crippen LogP contribution in [-0.2, 0) is 22.5 Å². The lowest BCUT2D eigenvalue weighted by molar-refractivity contribution is 0.0283. The van der Waals surface area contributed by atoms with Crippen LogP contribution in [0.5, 0.6) is 0 Å². The fourth-order valence-electron chi connectivity index (χ4n) is 4.84. The first-order chi connectivity index (χ1) is 17.6. The molecule has 3 rings (SSSR count). The van der Waals surface area contributed by atoms with E-state index in [0.717, 1.165) is 38.6 Å². The fraction of sp³-hybridized carbons (Fsp3) is 0.714. The van der Waals surface area contributed by atoms with Crippen molar-refractivity contribution in [2.24, 2.45) is 0 Å². The third-order valence-corrected chi connectivity index (χ3v) is 8.55. The number of amides is 2. The van der Waals surface area contributed by atoms with Crippen LogP contribution in [0.1, 0.15) is 102 Å². The first-order valence-electron chi connectivity index (χ1n) is 13.6. The van der Waals surface area contributed by atoms with Crippen molar-refractivity contribution in [3.05, 3.63) is 22.9 Å². The molecule has 1 aromatic heterocycles. The largest absolute Gasteiger partial charge is 0.610 e. The number of nitrogens with zero attached hydrogens (tertiary/aromatic N) is 4. The first-order valence-corrected chi connectivity index (χ1v) is 14.8. The molecule has 1 N–H and O–H groups in total. The molecule has 2 aliphatic heterocycles. The standard InChI is InChI=1S/C28H45N5O4S/c1-19-13-12-16-33(19)22-17-20(25(34)32-14-10-9-11-15-32)23(24(29)38(36)28(5,6)7)21(30-22)18-31(8)26(35)37-27(2,3)4/h17,19,29H,9-16,18H2,1-8H3/t19-,38?/m1/s1. The van der Waals surface area contributed by atoms with Crippen LogP contribution >= 0.6 is 0 Å². The Kier molecular flexibility index (Phi) is 9.40. The van der Waals surface area contributed by atoms with E-state index >= 15 is 0 Å². The van der Waals surface area contributed by atoms with Crippen molar-refractivity contribution in [1.29, 1.82) is 5.41 Å². The highest BCUT2D eigenvalue weighted by Gasteiger charge is 2.38. The molecule has 0 spiro atoms. The predicted molar refractivity (Wildman–Crippen MR) is 152 cm³/mol. The molecule has 212 valence electrons.